The lowest BCUT2D eigenvalue weighted by Gasteiger charge is -2.32. The fraction of sp³-hybridized carbons (Fsp3) is 0.857. The van der Waals surface area contributed by atoms with Gasteiger partial charge in [0.25, 0.3) is 0 Å². The van der Waals surface area contributed by atoms with Gasteiger partial charge in [-0.1, -0.05) is 0 Å². The topological polar surface area (TPSA) is 58.6 Å². The van der Waals surface area contributed by atoms with Gasteiger partial charge in [-0.3, -0.25) is 9.59 Å². The Kier molecular flexibility index (Phi) is 6.76. The first-order valence-corrected chi connectivity index (χ1v) is 7.22. The minimum Gasteiger partial charge on any atom is -0.469 e. The molecule has 0 radical (unpaired) electrons. The standard InChI is InChI=1S/C14H24N2O3.ClH/c1-10-8-11(5-6-15-10)14(18)16-7-3-4-12(16)9-13(17)19-2;/h10-12,15H,3-9H2,1-2H3;1H/t10-,11-,12?;/m0./s1. The zero-order valence-electron chi connectivity index (χ0n) is 12.3. The van der Waals surface area contributed by atoms with Crippen LogP contribution in [0.15, 0.2) is 0 Å². The molecule has 0 spiro atoms. The highest BCUT2D eigenvalue weighted by atomic mass is 35.5. The third-order valence-electron chi connectivity index (χ3n) is 4.26. The van der Waals surface area contributed by atoms with E-state index in [1.165, 1.54) is 7.11 Å². The predicted octanol–water partition coefficient (Wildman–Crippen LogP) is 1.35. The molecule has 5 nitrogen and oxygen atoms in total. The number of carbonyl (C=O) groups is 2. The fourth-order valence-corrected chi connectivity index (χ4v) is 3.20. The summed E-state index contributed by atoms with van der Waals surface area (Å²) in [5, 5.41) is 3.37. The van der Waals surface area contributed by atoms with Crippen LogP contribution in [0.1, 0.15) is 39.0 Å². The maximum Gasteiger partial charge on any atom is 0.307 e. The molecule has 1 unspecified atom stereocenters. The minimum absolute atomic E-state index is 0. The zero-order chi connectivity index (χ0) is 13.8. The molecule has 0 saturated carbocycles. The van der Waals surface area contributed by atoms with Gasteiger partial charge in [0, 0.05) is 24.5 Å². The maximum absolute atomic E-state index is 12.6. The molecule has 20 heavy (non-hydrogen) atoms. The highest BCUT2D eigenvalue weighted by Gasteiger charge is 2.35. The molecule has 3 atom stereocenters. The molecule has 6 heteroatoms. The zero-order valence-corrected chi connectivity index (χ0v) is 13.1. The average Bonchev–Trinajstić information content (AvgIpc) is 2.85. The Morgan fingerprint density at radius 3 is 2.75 bits per heavy atom. The Hall–Kier alpha value is -0.810. The normalized spacial score (nSPS) is 29.7. The number of carbonyl (C=O) groups excluding carboxylic acids is 2. The lowest BCUT2D eigenvalue weighted by atomic mass is 9.91. The second-order valence-corrected chi connectivity index (χ2v) is 5.68. The van der Waals surface area contributed by atoms with Gasteiger partial charge in [-0.25, -0.2) is 0 Å². The van der Waals surface area contributed by atoms with Crippen LogP contribution in [0.3, 0.4) is 0 Å². The van der Waals surface area contributed by atoms with Gasteiger partial charge in [0.05, 0.1) is 13.5 Å². The van der Waals surface area contributed by atoms with Crippen molar-refractivity contribution in [2.45, 2.75) is 51.1 Å². The van der Waals surface area contributed by atoms with Crippen LogP contribution in [0.2, 0.25) is 0 Å². The lowest BCUT2D eigenvalue weighted by Crippen LogP contribution is -2.46. The van der Waals surface area contributed by atoms with E-state index in [0.29, 0.717) is 12.5 Å². The van der Waals surface area contributed by atoms with E-state index in [1.807, 2.05) is 4.90 Å². The van der Waals surface area contributed by atoms with Crippen molar-refractivity contribution in [3.8, 4) is 0 Å². The monoisotopic (exact) mass is 304 g/mol. The van der Waals surface area contributed by atoms with Crippen molar-refractivity contribution < 1.29 is 14.3 Å². The van der Waals surface area contributed by atoms with Crippen LogP contribution in [-0.4, -0.2) is 49.1 Å². The van der Waals surface area contributed by atoms with E-state index in [1.54, 1.807) is 0 Å². The lowest BCUT2D eigenvalue weighted by molar-refractivity contribution is -0.144. The Balaban J connectivity index is 0.00000200. The molecule has 0 aromatic heterocycles. The summed E-state index contributed by atoms with van der Waals surface area (Å²) in [4.78, 5) is 25.9. The van der Waals surface area contributed by atoms with Crippen molar-refractivity contribution in [2.75, 3.05) is 20.2 Å². The summed E-state index contributed by atoms with van der Waals surface area (Å²) in [6.45, 7) is 3.82. The van der Waals surface area contributed by atoms with E-state index in [4.69, 9.17) is 4.74 Å². The number of likely N-dealkylation sites (tertiary alicyclic amines) is 1. The highest BCUT2D eigenvalue weighted by molar-refractivity contribution is 5.85. The second-order valence-electron chi connectivity index (χ2n) is 5.68. The van der Waals surface area contributed by atoms with Gasteiger partial charge in [-0.15, -0.1) is 12.4 Å². The van der Waals surface area contributed by atoms with Gasteiger partial charge >= 0.3 is 5.97 Å². The Bertz CT molecular complexity index is 351. The van der Waals surface area contributed by atoms with Crippen molar-refractivity contribution in [1.82, 2.24) is 10.2 Å². The van der Waals surface area contributed by atoms with Gasteiger partial charge in [-0.2, -0.15) is 0 Å². The molecule has 0 aromatic rings. The average molecular weight is 305 g/mol. The highest BCUT2D eigenvalue weighted by Crippen LogP contribution is 2.26. The quantitative estimate of drug-likeness (QED) is 0.800. The summed E-state index contributed by atoms with van der Waals surface area (Å²) in [6.07, 6.45) is 4.06. The van der Waals surface area contributed by atoms with Gasteiger partial charge in [0.15, 0.2) is 0 Å². The summed E-state index contributed by atoms with van der Waals surface area (Å²) in [5.74, 6) is 0.137. The molecular weight excluding hydrogens is 280 g/mol. The van der Waals surface area contributed by atoms with Gasteiger partial charge < -0.3 is 15.0 Å². The molecule has 1 amide bonds. The van der Waals surface area contributed by atoms with Crippen molar-refractivity contribution >= 4 is 24.3 Å². The van der Waals surface area contributed by atoms with Gasteiger partial charge in [0.1, 0.15) is 0 Å². The fourth-order valence-electron chi connectivity index (χ4n) is 3.20. The number of hydrogen-bond donors (Lipinski definition) is 1. The summed E-state index contributed by atoms with van der Waals surface area (Å²) >= 11 is 0. The van der Waals surface area contributed by atoms with Gasteiger partial charge in [0.2, 0.25) is 5.91 Å². The molecule has 2 aliphatic rings. The number of nitrogens with one attached hydrogen (secondary N) is 1. The van der Waals surface area contributed by atoms with E-state index >= 15 is 0 Å². The van der Waals surface area contributed by atoms with E-state index in [2.05, 4.69) is 12.2 Å². The molecular formula is C14H25ClN2O3. The third kappa shape index (κ3) is 4.09. The molecule has 2 aliphatic heterocycles. The Labute approximate surface area is 126 Å². The first-order valence-electron chi connectivity index (χ1n) is 7.22. The smallest absolute Gasteiger partial charge is 0.307 e. The number of piperidine rings is 1. The summed E-state index contributed by atoms with van der Waals surface area (Å²) in [6, 6.07) is 0.453. The van der Waals surface area contributed by atoms with Crippen molar-refractivity contribution in [1.29, 1.82) is 0 Å². The Morgan fingerprint density at radius 1 is 1.35 bits per heavy atom. The summed E-state index contributed by atoms with van der Waals surface area (Å²) < 4.78 is 4.72. The SMILES string of the molecule is COC(=O)CC1CCCN1C(=O)[C@H]1CCN[C@@H](C)C1.Cl. The van der Waals surface area contributed by atoms with Crippen molar-refractivity contribution in [3.63, 3.8) is 0 Å². The van der Waals surface area contributed by atoms with E-state index < -0.39 is 0 Å². The molecule has 0 aromatic carbocycles. The van der Waals surface area contributed by atoms with E-state index in [0.717, 1.165) is 38.8 Å². The number of amides is 1. The van der Waals surface area contributed by atoms with Crippen LogP contribution in [0.5, 0.6) is 0 Å². The van der Waals surface area contributed by atoms with Crippen LogP contribution in [0.4, 0.5) is 0 Å². The number of methoxy groups -OCH3 is 1. The number of rotatable bonds is 3. The molecule has 0 aliphatic carbocycles. The van der Waals surface area contributed by atoms with Gasteiger partial charge in [-0.05, 0) is 39.2 Å². The number of halogens is 1. The van der Waals surface area contributed by atoms with Crippen molar-refractivity contribution in [3.05, 3.63) is 0 Å². The predicted molar refractivity (Wildman–Crippen MR) is 78.8 cm³/mol. The summed E-state index contributed by atoms with van der Waals surface area (Å²) in [7, 11) is 1.40. The van der Waals surface area contributed by atoms with Crippen LogP contribution in [0, 0.1) is 5.92 Å². The summed E-state index contributed by atoms with van der Waals surface area (Å²) in [5.41, 5.74) is 0. The number of nitrogens with zero attached hydrogens (tertiary/aromatic N) is 1. The van der Waals surface area contributed by atoms with Crippen LogP contribution < -0.4 is 5.32 Å². The van der Waals surface area contributed by atoms with E-state index in [9.17, 15) is 9.59 Å². The van der Waals surface area contributed by atoms with Crippen molar-refractivity contribution in [2.24, 2.45) is 5.92 Å². The molecule has 2 rings (SSSR count). The largest absolute Gasteiger partial charge is 0.469 e. The number of hydrogen-bond acceptors (Lipinski definition) is 4. The Morgan fingerprint density at radius 2 is 2.10 bits per heavy atom. The number of ether oxygens (including phenoxy) is 1. The first kappa shape index (κ1) is 17.2. The molecule has 2 fully saturated rings. The molecule has 116 valence electrons. The maximum atomic E-state index is 12.6. The third-order valence-corrected chi connectivity index (χ3v) is 4.26. The van der Waals surface area contributed by atoms with Crippen LogP contribution in [-0.2, 0) is 14.3 Å². The first-order chi connectivity index (χ1) is 9.11. The van der Waals surface area contributed by atoms with Crippen LogP contribution in [0.25, 0.3) is 0 Å². The molecule has 2 heterocycles. The molecule has 0 bridgehead atoms. The minimum atomic E-state index is -0.219. The second kappa shape index (κ2) is 7.84. The number of esters is 1. The molecule has 1 N–H and O–H groups in total. The molecule has 2 saturated heterocycles. The van der Waals surface area contributed by atoms with Crippen LogP contribution >= 0.6 is 12.4 Å². The van der Waals surface area contributed by atoms with E-state index in [-0.39, 0.29) is 36.2 Å².